The van der Waals surface area contributed by atoms with E-state index in [4.69, 9.17) is 4.74 Å². The first-order chi connectivity index (χ1) is 11.2. The number of carbonyl (C=O) groups excluding carboxylic acids is 2. The fraction of sp³-hybridized carbons (Fsp3) is 0.125. The minimum atomic E-state index is -0.533. The Balaban J connectivity index is 1.54. The van der Waals surface area contributed by atoms with E-state index in [1.807, 2.05) is 18.2 Å². The zero-order chi connectivity index (χ0) is 16.1. The normalized spacial score (nSPS) is 12.5. The predicted octanol–water partition coefficient (Wildman–Crippen LogP) is 0.886. The third kappa shape index (κ3) is 3.70. The summed E-state index contributed by atoms with van der Waals surface area (Å²) in [6, 6.07) is 5.73. The molecule has 0 radical (unpaired) electrons. The Hall–Kier alpha value is -3.22. The zero-order valence-corrected chi connectivity index (χ0v) is 12.2. The van der Waals surface area contributed by atoms with Gasteiger partial charge in [0.1, 0.15) is 11.4 Å². The van der Waals surface area contributed by atoms with Crippen molar-refractivity contribution in [1.29, 1.82) is 0 Å². The molecular formula is C16H14N4O3. The fourth-order valence-electron chi connectivity index (χ4n) is 2.12. The van der Waals surface area contributed by atoms with Gasteiger partial charge < -0.3 is 4.74 Å². The van der Waals surface area contributed by atoms with Crippen LogP contribution >= 0.6 is 0 Å². The van der Waals surface area contributed by atoms with Crippen LogP contribution in [-0.4, -0.2) is 28.4 Å². The van der Waals surface area contributed by atoms with Gasteiger partial charge in [-0.1, -0.05) is 6.07 Å². The van der Waals surface area contributed by atoms with Crippen molar-refractivity contribution in [1.82, 2.24) is 20.8 Å². The van der Waals surface area contributed by atoms with Crippen molar-refractivity contribution in [2.45, 2.75) is 6.42 Å². The molecule has 1 aliphatic heterocycles. The van der Waals surface area contributed by atoms with Crippen molar-refractivity contribution < 1.29 is 14.3 Å². The largest absolute Gasteiger partial charge is 0.493 e. The topological polar surface area (TPSA) is 93.2 Å². The van der Waals surface area contributed by atoms with E-state index in [2.05, 4.69) is 20.8 Å². The second-order valence-corrected chi connectivity index (χ2v) is 4.83. The average molecular weight is 310 g/mol. The number of fused-ring (bicyclic) bond motifs is 1. The minimum absolute atomic E-state index is 0.121. The fourth-order valence-corrected chi connectivity index (χ4v) is 2.12. The third-order valence-electron chi connectivity index (χ3n) is 3.24. The molecule has 1 aliphatic rings. The molecule has 7 heteroatoms. The molecule has 3 rings (SSSR count). The van der Waals surface area contributed by atoms with Gasteiger partial charge in [0.15, 0.2) is 0 Å². The van der Waals surface area contributed by atoms with E-state index in [-0.39, 0.29) is 5.69 Å². The molecule has 0 atom stereocenters. The number of amides is 2. The van der Waals surface area contributed by atoms with E-state index in [1.165, 1.54) is 24.7 Å². The summed E-state index contributed by atoms with van der Waals surface area (Å²) >= 11 is 0. The average Bonchev–Trinajstić information content (AvgIpc) is 3.06. The molecule has 0 bridgehead atoms. The summed E-state index contributed by atoms with van der Waals surface area (Å²) < 4.78 is 5.42. The van der Waals surface area contributed by atoms with Crippen molar-refractivity contribution >= 4 is 17.9 Å². The SMILES string of the molecule is O=C(C=Cc1ccc2c(c1)CCO2)NNC(=O)c1cnccn1. The van der Waals surface area contributed by atoms with E-state index >= 15 is 0 Å². The molecule has 23 heavy (non-hydrogen) atoms. The molecule has 0 saturated carbocycles. The van der Waals surface area contributed by atoms with Crippen molar-refractivity contribution in [3.63, 3.8) is 0 Å². The van der Waals surface area contributed by atoms with Crippen LogP contribution in [0.4, 0.5) is 0 Å². The maximum Gasteiger partial charge on any atom is 0.289 e. The molecule has 0 unspecified atom stereocenters. The van der Waals surface area contributed by atoms with Crippen LogP contribution in [0.2, 0.25) is 0 Å². The summed E-state index contributed by atoms with van der Waals surface area (Å²) in [5.74, 6) is -0.0867. The van der Waals surface area contributed by atoms with Crippen LogP contribution in [0.3, 0.4) is 0 Å². The summed E-state index contributed by atoms with van der Waals surface area (Å²) in [5.41, 5.74) is 6.69. The van der Waals surface area contributed by atoms with Crippen LogP contribution in [0.25, 0.3) is 6.08 Å². The number of rotatable bonds is 3. The molecule has 2 N–H and O–H groups in total. The molecule has 116 valence electrons. The van der Waals surface area contributed by atoms with Crippen molar-refractivity contribution in [3.05, 3.63) is 59.7 Å². The van der Waals surface area contributed by atoms with Gasteiger partial charge in [0.05, 0.1) is 12.8 Å². The van der Waals surface area contributed by atoms with E-state index in [9.17, 15) is 9.59 Å². The quantitative estimate of drug-likeness (QED) is 0.648. The Morgan fingerprint density at radius 3 is 2.96 bits per heavy atom. The molecular weight excluding hydrogens is 296 g/mol. The number of carbonyl (C=O) groups is 2. The molecule has 2 aromatic rings. The number of ether oxygens (including phenoxy) is 1. The highest BCUT2D eigenvalue weighted by molar-refractivity contribution is 5.96. The second-order valence-electron chi connectivity index (χ2n) is 4.83. The lowest BCUT2D eigenvalue weighted by molar-refractivity contribution is -0.117. The molecule has 0 saturated heterocycles. The van der Waals surface area contributed by atoms with Crippen LogP contribution in [-0.2, 0) is 11.2 Å². The molecule has 1 aromatic heterocycles. The third-order valence-corrected chi connectivity index (χ3v) is 3.24. The van der Waals surface area contributed by atoms with Crippen LogP contribution in [0.5, 0.6) is 5.75 Å². The summed E-state index contributed by atoms with van der Waals surface area (Å²) in [7, 11) is 0. The zero-order valence-electron chi connectivity index (χ0n) is 12.2. The maximum absolute atomic E-state index is 11.7. The summed E-state index contributed by atoms with van der Waals surface area (Å²) in [6.45, 7) is 0.692. The van der Waals surface area contributed by atoms with Crippen LogP contribution < -0.4 is 15.6 Å². The number of nitrogens with zero attached hydrogens (tertiary/aromatic N) is 2. The van der Waals surface area contributed by atoms with Crippen molar-refractivity contribution in [2.24, 2.45) is 0 Å². The highest BCUT2D eigenvalue weighted by Crippen LogP contribution is 2.26. The van der Waals surface area contributed by atoms with Gasteiger partial charge in [-0.3, -0.25) is 25.4 Å². The lowest BCUT2D eigenvalue weighted by atomic mass is 10.1. The number of hydrogen-bond acceptors (Lipinski definition) is 5. The van der Waals surface area contributed by atoms with Gasteiger partial charge in [-0.05, 0) is 29.3 Å². The smallest absolute Gasteiger partial charge is 0.289 e. The monoisotopic (exact) mass is 310 g/mol. The van der Waals surface area contributed by atoms with Gasteiger partial charge in [0.2, 0.25) is 0 Å². The standard InChI is InChI=1S/C16H14N4O3/c21-15(19-20-16(22)13-10-17-6-7-18-13)4-2-11-1-3-14-12(9-11)5-8-23-14/h1-4,6-7,9-10H,5,8H2,(H,19,21)(H,20,22). The molecule has 0 fully saturated rings. The number of nitrogens with one attached hydrogen (secondary N) is 2. The summed E-state index contributed by atoms with van der Waals surface area (Å²) in [6.07, 6.45) is 8.05. The maximum atomic E-state index is 11.7. The minimum Gasteiger partial charge on any atom is -0.493 e. The Morgan fingerprint density at radius 1 is 1.22 bits per heavy atom. The van der Waals surface area contributed by atoms with Gasteiger partial charge in [0.25, 0.3) is 11.8 Å². The Kier molecular flexibility index (Phi) is 4.28. The Morgan fingerprint density at radius 2 is 2.13 bits per heavy atom. The van der Waals surface area contributed by atoms with Gasteiger partial charge in [-0.2, -0.15) is 0 Å². The number of hydrogen-bond donors (Lipinski definition) is 2. The highest BCUT2D eigenvalue weighted by Gasteiger charge is 2.11. The number of aromatic nitrogens is 2. The lowest BCUT2D eigenvalue weighted by Gasteiger charge is -2.04. The van der Waals surface area contributed by atoms with Gasteiger partial charge in [-0.15, -0.1) is 0 Å². The predicted molar refractivity (Wildman–Crippen MR) is 82.3 cm³/mol. The van der Waals surface area contributed by atoms with Crippen LogP contribution in [0.15, 0.2) is 42.9 Å². The lowest BCUT2D eigenvalue weighted by Crippen LogP contribution is -2.41. The van der Waals surface area contributed by atoms with Crippen molar-refractivity contribution in [2.75, 3.05) is 6.61 Å². The molecule has 2 amide bonds. The second kappa shape index (κ2) is 6.69. The first-order valence-corrected chi connectivity index (χ1v) is 7.02. The summed E-state index contributed by atoms with van der Waals surface area (Å²) in [4.78, 5) is 31.0. The summed E-state index contributed by atoms with van der Waals surface area (Å²) in [5, 5.41) is 0. The van der Waals surface area contributed by atoms with E-state index < -0.39 is 11.8 Å². The van der Waals surface area contributed by atoms with E-state index in [0.29, 0.717) is 6.61 Å². The van der Waals surface area contributed by atoms with Gasteiger partial charge >= 0.3 is 0 Å². The highest BCUT2D eigenvalue weighted by atomic mass is 16.5. The van der Waals surface area contributed by atoms with E-state index in [1.54, 1.807) is 6.08 Å². The molecule has 1 aromatic carbocycles. The van der Waals surface area contributed by atoms with Gasteiger partial charge in [-0.25, -0.2) is 4.98 Å². The molecule has 0 aliphatic carbocycles. The Bertz CT molecular complexity index is 759. The molecule has 7 nitrogen and oxygen atoms in total. The molecule has 0 spiro atoms. The van der Waals surface area contributed by atoms with Crippen LogP contribution in [0.1, 0.15) is 21.6 Å². The number of benzene rings is 1. The van der Waals surface area contributed by atoms with E-state index in [0.717, 1.165) is 23.3 Å². The first kappa shape index (κ1) is 14.7. The van der Waals surface area contributed by atoms with Crippen molar-refractivity contribution in [3.8, 4) is 5.75 Å². The molecule has 2 heterocycles. The Labute approximate surface area is 132 Å². The number of hydrazine groups is 1. The van der Waals surface area contributed by atoms with Crippen LogP contribution in [0, 0.1) is 0 Å². The van der Waals surface area contributed by atoms with Gasteiger partial charge in [0, 0.05) is 24.9 Å². The first-order valence-electron chi connectivity index (χ1n) is 7.02.